The molecule has 8 heteroatoms. The van der Waals surface area contributed by atoms with Gasteiger partial charge in [-0.3, -0.25) is 4.79 Å². The van der Waals surface area contributed by atoms with Crippen molar-refractivity contribution < 1.29 is 32.5 Å². The van der Waals surface area contributed by atoms with Crippen LogP contribution < -0.4 is 4.74 Å². The van der Waals surface area contributed by atoms with E-state index in [0.717, 1.165) is 7.11 Å². The van der Waals surface area contributed by atoms with Gasteiger partial charge in [0.25, 0.3) is 0 Å². The summed E-state index contributed by atoms with van der Waals surface area (Å²) in [5.41, 5.74) is -4.41. The first-order valence-electron chi connectivity index (χ1n) is 6.31. The molecule has 122 valence electrons. The van der Waals surface area contributed by atoms with Gasteiger partial charge in [0.05, 0.1) is 14.2 Å². The van der Waals surface area contributed by atoms with Crippen LogP contribution in [0, 0.1) is 0 Å². The number of methoxy groups -OCH3 is 2. The molecule has 0 radical (unpaired) electrons. The van der Waals surface area contributed by atoms with Crippen molar-refractivity contribution in [1.29, 1.82) is 0 Å². The second-order valence-electron chi connectivity index (χ2n) is 5.30. The first kappa shape index (κ1) is 16.9. The SMILES string of the molecule is COC(=O)C1(c2cc(Cl)ccc2OC)CC(O)(C(F)(F)F)C1. The molecule has 4 nitrogen and oxygen atoms in total. The second kappa shape index (κ2) is 5.31. The summed E-state index contributed by atoms with van der Waals surface area (Å²) in [6.45, 7) is 0. The molecule has 1 saturated carbocycles. The Kier molecular flexibility index (Phi) is 4.08. The van der Waals surface area contributed by atoms with Gasteiger partial charge in [0.15, 0.2) is 5.60 Å². The standard InChI is InChI=1S/C14H14ClF3O4/c1-21-10-4-3-8(15)5-9(10)12(11(19)22-2)6-13(20,7-12)14(16,17)18/h3-5,20H,6-7H2,1-2H3. The van der Waals surface area contributed by atoms with Gasteiger partial charge in [-0.05, 0) is 18.2 Å². The Morgan fingerprint density at radius 2 is 1.91 bits per heavy atom. The lowest BCUT2D eigenvalue weighted by atomic mass is 9.55. The lowest BCUT2D eigenvalue weighted by molar-refractivity contribution is -0.303. The Morgan fingerprint density at radius 1 is 1.32 bits per heavy atom. The van der Waals surface area contributed by atoms with Gasteiger partial charge in [-0.25, -0.2) is 0 Å². The Labute approximate surface area is 129 Å². The average molecular weight is 339 g/mol. The number of carbonyl (C=O) groups excluding carboxylic acids is 1. The summed E-state index contributed by atoms with van der Waals surface area (Å²) < 4.78 is 48.5. The molecule has 1 fully saturated rings. The van der Waals surface area contributed by atoms with Gasteiger partial charge in [0, 0.05) is 23.4 Å². The average Bonchev–Trinajstić information content (AvgIpc) is 2.41. The number of halogens is 4. The summed E-state index contributed by atoms with van der Waals surface area (Å²) in [6.07, 6.45) is -6.52. The number of ether oxygens (including phenoxy) is 2. The second-order valence-corrected chi connectivity index (χ2v) is 5.74. The van der Waals surface area contributed by atoms with E-state index in [1.165, 1.54) is 25.3 Å². The summed E-state index contributed by atoms with van der Waals surface area (Å²) in [6, 6.07) is 4.30. The Morgan fingerprint density at radius 3 is 2.36 bits per heavy atom. The van der Waals surface area contributed by atoms with Crippen molar-refractivity contribution in [1.82, 2.24) is 0 Å². The zero-order valence-electron chi connectivity index (χ0n) is 11.8. The Hall–Kier alpha value is -1.47. The molecule has 1 aromatic carbocycles. The molecule has 0 atom stereocenters. The van der Waals surface area contributed by atoms with Gasteiger partial charge in [-0.15, -0.1) is 0 Å². The molecule has 1 aliphatic carbocycles. The molecular formula is C14H14ClF3O4. The summed E-state index contributed by atoms with van der Waals surface area (Å²) in [4.78, 5) is 12.1. The lowest BCUT2D eigenvalue weighted by Crippen LogP contribution is -2.65. The fourth-order valence-electron chi connectivity index (χ4n) is 2.84. The number of aliphatic hydroxyl groups is 1. The van der Waals surface area contributed by atoms with Gasteiger partial charge in [0.1, 0.15) is 11.2 Å². The quantitative estimate of drug-likeness (QED) is 0.861. The van der Waals surface area contributed by atoms with Crippen LogP contribution >= 0.6 is 11.6 Å². The Balaban J connectivity index is 2.52. The predicted octanol–water partition coefficient (Wildman–Crippen LogP) is 2.85. The van der Waals surface area contributed by atoms with Crippen LogP contribution in [-0.2, 0) is 14.9 Å². The third kappa shape index (κ3) is 2.42. The molecular weight excluding hydrogens is 325 g/mol. The van der Waals surface area contributed by atoms with Crippen LogP contribution in [0.25, 0.3) is 0 Å². The molecule has 0 heterocycles. The molecule has 22 heavy (non-hydrogen) atoms. The van der Waals surface area contributed by atoms with Gasteiger partial charge in [-0.2, -0.15) is 13.2 Å². The maximum atomic E-state index is 12.9. The lowest BCUT2D eigenvalue weighted by Gasteiger charge is -2.51. The number of hydrogen-bond donors (Lipinski definition) is 1. The van der Waals surface area contributed by atoms with Crippen molar-refractivity contribution in [3.05, 3.63) is 28.8 Å². The molecule has 1 aliphatic rings. The van der Waals surface area contributed by atoms with Crippen LogP contribution in [0.15, 0.2) is 18.2 Å². The Bertz CT molecular complexity index is 594. The molecule has 0 unspecified atom stereocenters. The molecule has 1 aromatic rings. The highest BCUT2D eigenvalue weighted by atomic mass is 35.5. The minimum absolute atomic E-state index is 0.170. The monoisotopic (exact) mass is 338 g/mol. The highest BCUT2D eigenvalue weighted by Crippen LogP contribution is 2.59. The van der Waals surface area contributed by atoms with E-state index < -0.39 is 36.0 Å². The van der Waals surface area contributed by atoms with Crippen LogP contribution in [0.4, 0.5) is 13.2 Å². The summed E-state index contributed by atoms with van der Waals surface area (Å²) in [5.74, 6) is -0.666. The molecule has 0 amide bonds. The van der Waals surface area contributed by atoms with Crippen LogP contribution in [0.5, 0.6) is 5.75 Å². The predicted molar refractivity (Wildman–Crippen MR) is 71.9 cm³/mol. The van der Waals surface area contributed by atoms with Crippen LogP contribution in [0.3, 0.4) is 0 Å². The summed E-state index contributed by atoms with van der Waals surface area (Å²) in [5, 5.41) is 9.95. The molecule has 0 saturated heterocycles. The van der Waals surface area contributed by atoms with E-state index in [0.29, 0.717) is 0 Å². The number of esters is 1. The van der Waals surface area contributed by atoms with E-state index in [-0.39, 0.29) is 16.3 Å². The van der Waals surface area contributed by atoms with Crippen molar-refractivity contribution in [2.24, 2.45) is 0 Å². The fourth-order valence-corrected chi connectivity index (χ4v) is 3.01. The first-order valence-corrected chi connectivity index (χ1v) is 6.69. The minimum atomic E-state index is -4.84. The number of carbonyl (C=O) groups is 1. The number of hydrogen-bond acceptors (Lipinski definition) is 4. The van der Waals surface area contributed by atoms with Crippen LogP contribution in [0.1, 0.15) is 18.4 Å². The smallest absolute Gasteiger partial charge is 0.417 e. The van der Waals surface area contributed by atoms with Crippen LogP contribution in [-0.4, -0.2) is 37.1 Å². The molecule has 2 rings (SSSR count). The number of benzene rings is 1. The maximum Gasteiger partial charge on any atom is 0.417 e. The normalized spacial score (nSPS) is 28.0. The van der Waals surface area contributed by atoms with Gasteiger partial charge < -0.3 is 14.6 Å². The van der Waals surface area contributed by atoms with Gasteiger partial charge >= 0.3 is 12.1 Å². The molecule has 1 N–H and O–H groups in total. The van der Waals surface area contributed by atoms with Gasteiger partial charge in [-0.1, -0.05) is 11.6 Å². The summed E-state index contributed by atoms with van der Waals surface area (Å²) in [7, 11) is 2.40. The highest BCUT2D eigenvalue weighted by molar-refractivity contribution is 6.30. The minimum Gasteiger partial charge on any atom is -0.496 e. The topological polar surface area (TPSA) is 55.8 Å². The van der Waals surface area contributed by atoms with E-state index in [1.54, 1.807) is 0 Å². The van der Waals surface area contributed by atoms with E-state index in [9.17, 15) is 23.1 Å². The fraction of sp³-hybridized carbons (Fsp3) is 0.500. The van der Waals surface area contributed by atoms with Crippen molar-refractivity contribution in [3.8, 4) is 5.75 Å². The first-order chi connectivity index (χ1) is 10.1. The summed E-state index contributed by atoms with van der Waals surface area (Å²) >= 11 is 5.88. The van der Waals surface area contributed by atoms with Crippen LogP contribution in [0.2, 0.25) is 5.02 Å². The van der Waals surface area contributed by atoms with Crippen molar-refractivity contribution in [2.45, 2.75) is 30.0 Å². The third-order valence-electron chi connectivity index (χ3n) is 3.97. The van der Waals surface area contributed by atoms with E-state index in [2.05, 4.69) is 4.74 Å². The third-order valence-corrected chi connectivity index (χ3v) is 4.20. The molecule has 0 spiro atoms. The number of alkyl halides is 3. The zero-order chi connectivity index (χ0) is 16.8. The number of rotatable bonds is 3. The van der Waals surface area contributed by atoms with Crippen molar-refractivity contribution in [3.63, 3.8) is 0 Å². The van der Waals surface area contributed by atoms with E-state index in [1.807, 2.05) is 0 Å². The largest absolute Gasteiger partial charge is 0.496 e. The van der Waals surface area contributed by atoms with Crippen molar-refractivity contribution >= 4 is 17.6 Å². The van der Waals surface area contributed by atoms with Crippen molar-refractivity contribution in [2.75, 3.05) is 14.2 Å². The van der Waals surface area contributed by atoms with Gasteiger partial charge in [0.2, 0.25) is 0 Å². The van der Waals surface area contributed by atoms with E-state index >= 15 is 0 Å². The maximum absolute atomic E-state index is 12.9. The highest BCUT2D eigenvalue weighted by Gasteiger charge is 2.71. The molecule has 0 bridgehead atoms. The van der Waals surface area contributed by atoms with E-state index in [4.69, 9.17) is 16.3 Å². The molecule has 0 aromatic heterocycles. The molecule has 0 aliphatic heterocycles. The zero-order valence-corrected chi connectivity index (χ0v) is 12.6.